The first-order valence-electron chi connectivity index (χ1n) is 9.03. The van der Waals surface area contributed by atoms with Crippen molar-refractivity contribution in [1.29, 1.82) is 0 Å². The fraction of sp³-hybridized carbons (Fsp3) is 0.286. The van der Waals surface area contributed by atoms with Crippen molar-refractivity contribution in [2.24, 2.45) is 0 Å². The Kier molecular flexibility index (Phi) is 6.10. The van der Waals surface area contributed by atoms with E-state index in [0.717, 1.165) is 5.56 Å². The molecule has 0 saturated heterocycles. The smallest absolute Gasteiger partial charge is 0.262 e. The van der Waals surface area contributed by atoms with Gasteiger partial charge in [0.1, 0.15) is 0 Å². The molecule has 1 unspecified atom stereocenters. The zero-order valence-electron chi connectivity index (χ0n) is 16.2. The molecule has 0 spiro atoms. The van der Waals surface area contributed by atoms with E-state index in [1.807, 2.05) is 45.0 Å². The highest BCUT2D eigenvalue weighted by atomic mass is 35.5. The Morgan fingerprint density at radius 3 is 2.57 bits per heavy atom. The van der Waals surface area contributed by atoms with Gasteiger partial charge < -0.3 is 5.32 Å². The standard InChI is InChI=1S/C21H22ClN3O2S/c1-12(2)25-20(27)15-8-5-6-10-18(15)24-21(25)28-14(4)19(26)23-17-11-7-9-16(22)13(17)3/h5-12,14H,1-4H3,(H,23,26). The Hall–Kier alpha value is -2.31. The highest BCUT2D eigenvalue weighted by Gasteiger charge is 2.21. The summed E-state index contributed by atoms with van der Waals surface area (Å²) in [7, 11) is 0. The number of aromatic nitrogens is 2. The average Bonchev–Trinajstić information content (AvgIpc) is 2.65. The van der Waals surface area contributed by atoms with Gasteiger partial charge in [0.2, 0.25) is 5.91 Å². The van der Waals surface area contributed by atoms with Gasteiger partial charge in [0.25, 0.3) is 5.56 Å². The van der Waals surface area contributed by atoms with Gasteiger partial charge in [0, 0.05) is 16.8 Å². The third-order valence-corrected chi connectivity index (χ3v) is 5.94. The molecule has 146 valence electrons. The number of nitrogens with zero attached hydrogens (tertiary/aromatic N) is 2. The lowest BCUT2D eigenvalue weighted by Crippen LogP contribution is -2.28. The molecule has 7 heteroatoms. The predicted octanol–water partition coefficient (Wildman–Crippen LogP) is 5.06. The van der Waals surface area contributed by atoms with Gasteiger partial charge in [-0.3, -0.25) is 14.2 Å². The average molecular weight is 416 g/mol. The van der Waals surface area contributed by atoms with Crippen molar-refractivity contribution in [3.8, 4) is 0 Å². The SMILES string of the molecule is Cc1c(Cl)cccc1NC(=O)C(C)Sc1nc2ccccc2c(=O)n1C(C)C. The fourth-order valence-electron chi connectivity index (χ4n) is 2.85. The van der Waals surface area contributed by atoms with Crippen LogP contribution < -0.4 is 10.9 Å². The Balaban J connectivity index is 1.91. The van der Waals surface area contributed by atoms with Crippen molar-refractivity contribution in [3.63, 3.8) is 0 Å². The summed E-state index contributed by atoms with van der Waals surface area (Å²) in [5, 5.41) is 4.17. The largest absolute Gasteiger partial charge is 0.325 e. The number of amides is 1. The Morgan fingerprint density at radius 2 is 1.86 bits per heavy atom. The summed E-state index contributed by atoms with van der Waals surface area (Å²) in [6, 6.07) is 12.6. The van der Waals surface area contributed by atoms with Crippen LogP contribution in [0.2, 0.25) is 5.02 Å². The zero-order valence-corrected chi connectivity index (χ0v) is 17.8. The minimum atomic E-state index is -0.448. The molecule has 0 aliphatic rings. The molecule has 5 nitrogen and oxygen atoms in total. The zero-order chi connectivity index (χ0) is 20.4. The molecule has 0 radical (unpaired) electrons. The van der Waals surface area contributed by atoms with E-state index in [2.05, 4.69) is 10.3 Å². The lowest BCUT2D eigenvalue weighted by molar-refractivity contribution is -0.115. The second-order valence-corrected chi connectivity index (χ2v) is 8.56. The van der Waals surface area contributed by atoms with E-state index in [4.69, 9.17) is 11.6 Å². The Bertz CT molecular complexity index is 1090. The van der Waals surface area contributed by atoms with E-state index in [-0.39, 0.29) is 17.5 Å². The van der Waals surface area contributed by atoms with E-state index >= 15 is 0 Å². The van der Waals surface area contributed by atoms with Crippen molar-refractivity contribution in [2.45, 2.75) is 44.1 Å². The topological polar surface area (TPSA) is 64.0 Å². The second-order valence-electron chi connectivity index (χ2n) is 6.84. The summed E-state index contributed by atoms with van der Waals surface area (Å²) >= 11 is 7.40. The molecular formula is C21H22ClN3O2S. The maximum Gasteiger partial charge on any atom is 0.262 e. The van der Waals surface area contributed by atoms with Crippen LogP contribution in [-0.4, -0.2) is 20.7 Å². The molecule has 1 amide bonds. The van der Waals surface area contributed by atoms with Gasteiger partial charge in [-0.1, -0.05) is 41.6 Å². The second kappa shape index (κ2) is 8.37. The van der Waals surface area contributed by atoms with E-state index in [1.165, 1.54) is 11.8 Å². The van der Waals surface area contributed by atoms with Crippen LogP contribution in [0, 0.1) is 6.92 Å². The molecule has 0 saturated carbocycles. The molecule has 0 fully saturated rings. The molecule has 3 aromatic rings. The molecule has 2 aromatic carbocycles. The molecular weight excluding hydrogens is 394 g/mol. The number of hydrogen-bond donors (Lipinski definition) is 1. The molecule has 1 aromatic heterocycles. The number of hydrogen-bond acceptors (Lipinski definition) is 4. The van der Waals surface area contributed by atoms with Gasteiger partial charge >= 0.3 is 0 Å². The monoisotopic (exact) mass is 415 g/mol. The van der Waals surface area contributed by atoms with Gasteiger partial charge in [0.05, 0.1) is 16.2 Å². The van der Waals surface area contributed by atoms with Crippen LogP contribution in [0.25, 0.3) is 10.9 Å². The third-order valence-electron chi connectivity index (χ3n) is 4.47. The predicted molar refractivity (Wildman–Crippen MR) is 117 cm³/mol. The molecule has 1 heterocycles. The van der Waals surface area contributed by atoms with Crippen LogP contribution in [-0.2, 0) is 4.79 Å². The minimum Gasteiger partial charge on any atom is -0.325 e. The quantitative estimate of drug-likeness (QED) is 0.467. The first-order valence-corrected chi connectivity index (χ1v) is 10.3. The fourth-order valence-corrected chi connectivity index (χ4v) is 4.07. The highest BCUT2D eigenvalue weighted by Crippen LogP contribution is 2.27. The number of benzene rings is 2. The first-order chi connectivity index (χ1) is 13.3. The highest BCUT2D eigenvalue weighted by molar-refractivity contribution is 8.00. The van der Waals surface area contributed by atoms with Crippen LogP contribution in [0.15, 0.2) is 52.4 Å². The summed E-state index contributed by atoms with van der Waals surface area (Å²) in [5.41, 5.74) is 2.03. The number of thioether (sulfide) groups is 1. The molecule has 1 atom stereocenters. The van der Waals surface area contributed by atoms with E-state index in [0.29, 0.717) is 26.8 Å². The lowest BCUT2D eigenvalue weighted by Gasteiger charge is -2.19. The summed E-state index contributed by atoms with van der Waals surface area (Å²) in [6.07, 6.45) is 0. The van der Waals surface area contributed by atoms with Crippen molar-refractivity contribution < 1.29 is 4.79 Å². The van der Waals surface area contributed by atoms with Gasteiger partial charge in [-0.05, 0) is 57.5 Å². The number of anilines is 1. The molecule has 0 aliphatic heterocycles. The number of para-hydroxylation sites is 1. The number of rotatable bonds is 5. The lowest BCUT2D eigenvalue weighted by atomic mass is 10.2. The third kappa shape index (κ3) is 4.08. The van der Waals surface area contributed by atoms with Crippen molar-refractivity contribution >= 4 is 45.9 Å². The summed E-state index contributed by atoms with van der Waals surface area (Å²) < 4.78 is 1.64. The number of nitrogens with one attached hydrogen (secondary N) is 1. The number of fused-ring (bicyclic) bond motifs is 1. The summed E-state index contributed by atoms with van der Waals surface area (Å²) in [5.74, 6) is -0.173. The molecule has 28 heavy (non-hydrogen) atoms. The van der Waals surface area contributed by atoms with Gasteiger partial charge in [-0.15, -0.1) is 0 Å². The van der Waals surface area contributed by atoms with Crippen molar-refractivity contribution in [1.82, 2.24) is 9.55 Å². The van der Waals surface area contributed by atoms with Gasteiger partial charge in [-0.25, -0.2) is 4.98 Å². The number of halogens is 1. The maximum absolute atomic E-state index is 12.9. The molecule has 0 aliphatic carbocycles. The van der Waals surface area contributed by atoms with Crippen LogP contribution in [0.3, 0.4) is 0 Å². The molecule has 3 rings (SSSR count). The van der Waals surface area contributed by atoms with Crippen LogP contribution in [0.4, 0.5) is 5.69 Å². The molecule has 1 N–H and O–H groups in total. The van der Waals surface area contributed by atoms with Crippen LogP contribution in [0.1, 0.15) is 32.4 Å². The van der Waals surface area contributed by atoms with Crippen molar-refractivity contribution in [3.05, 3.63) is 63.4 Å². The van der Waals surface area contributed by atoms with E-state index < -0.39 is 5.25 Å². The summed E-state index contributed by atoms with van der Waals surface area (Å²) in [4.78, 5) is 30.3. The normalized spacial score (nSPS) is 12.4. The van der Waals surface area contributed by atoms with Gasteiger partial charge in [-0.2, -0.15) is 0 Å². The Morgan fingerprint density at radius 1 is 1.14 bits per heavy atom. The molecule has 0 bridgehead atoms. The minimum absolute atomic E-state index is 0.0717. The number of carbonyl (C=O) groups is 1. The van der Waals surface area contributed by atoms with Gasteiger partial charge in [0.15, 0.2) is 5.16 Å². The maximum atomic E-state index is 12.9. The van der Waals surface area contributed by atoms with E-state index in [9.17, 15) is 9.59 Å². The van der Waals surface area contributed by atoms with Crippen LogP contribution in [0.5, 0.6) is 0 Å². The first kappa shape index (κ1) is 20.4. The number of carbonyl (C=O) groups excluding carboxylic acids is 1. The van der Waals surface area contributed by atoms with E-state index in [1.54, 1.807) is 29.7 Å². The van der Waals surface area contributed by atoms with Crippen molar-refractivity contribution in [2.75, 3.05) is 5.32 Å². The summed E-state index contributed by atoms with van der Waals surface area (Å²) in [6.45, 7) is 7.52. The Labute approximate surface area is 173 Å². The van der Waals surface area contributed by atoms with Crippen LogP contribution >= 0.6 is 23.4 Å².